The number of carbonyl (C=O) groups excluding carboxylic acids is 2. The van der Waals surface area contributed by atoms with E-state index >= 15 is 0 Å². The number of hydrogen-bond acceptors (Lipinski definition) is 4. The van der Waals surface area contributed by atoms with Gasteiger partial charge in [-0.3, -0.25) is 0 Å². The maximum absolute atomic E-state index is 12.1. The van der Waals surface area contributed by atoms with Crippen molar-refractivity contribution in [3.63, 3.8) is 0 Å². The van der Waals surface area contributed by atoms with Gasteiger partial charge in [0.1, 0.15) is 11.9 Å². The van der Waals surface area contributed by atoms with Gasteiger partial charge in [0.25, 0.3) is 0 Å². The minimum absolute atomic E-state index is 0.288. The maximum atomic E-state index is 12.1. The Bertz CT molecular complexity index is 325. The topological polar surface area (TPSA) is 55.8 Å². The van der Waals surface area contributed by atoms with E-state index in [2.05, 4.69) is 0 Å². The van der Waals surface area contributed by atoms with Crippen LogP contribution in [0.25, 0.3) is 0 Å². The highest BCUT2D eigenvalue weighted by Crippen LogP contribution is 2.21. The average Bonchev–Trinajstić information content (AvgIpc) is 2.36. The first kappa shape index (κ1) is 19.9. The molecule has 0 aliphatic rings. The predicted molar refractivity (Wildman–Crippen MR) is 83.4 cm³/mol. The molecule has 0 heterocycles. The SMILES string of the molecule is CCCN(CCCC(C)(C=O)COC)C(=O)OC(C)(C)C. The van der Waals surface area contributed by atoms with E-state index in [-0.39, 0.29) is 6.09 Å². The lowest BCUT2D eigenvalue weighted by atomic mass is 9.88. The van der Waals surface area contributed by atoms with Gasteiger partial charge >= 0.3 is 6.09 Å². The third kappa shape index (κ3) is 8.71. The van der Waals surface area contributed by atoms with Gasteiger partial charge in [0.15, 0.2) is 0 Å². The molecule has 0 rings (SSSR count). The Labute approximate surface area is 129 Å². The molecule has 0 spiro atoms. The average molecular weight is 301 g/mol. The van der Waals surface area contributed by atoms with Crippen molar-refractivity contribution >= 4 is 12.4 Å². The van der Waals surface area contributed by atoms with Crippen LogP contribution in [-0.2, 0) is 14.3 Å². The lowest BCUT2D eigenvalue weighted by molar-refractivity contribution is -0.118. The van der Waals surface area contributed by atoms with Crippen molar-refractivity contribution in [2.24, 2.45) is 5.41 Å². The lowest BCUT2D eigenvalue weighted by Crippen LogP contribution is -2.38. The Morgan fingerprint density at radius 2 is 1.81 bits per heavy atom. The molecule has 0 radical (unpaired) electrons. The van der Waals surface area contributed by atoms with E-state index in [0.29, 0.717) is 26.1 Å². The van der Waals surface area contributed by atoms with Gasteiger partial charge in [-0.05, 0) is 40.0 Å². The predicted octanol–water partition coefficient (Wildman–Crippen LogP) is 3.27. The number of carbonyl (C=O) groups is 2. The molecule has 0 aliphatic heterocycles. The zero-order chi connectivity index (χ0) is 16.5. The summed E-state index contributed by atoms with van der Waals surface area (Å²) in [6, 6.07) is 0. The van der Waals surface area contributed by atoms with E-state index in [1.807, 2.05) is 34.6 Å². The molecule has 5 heteroatoms. The molecule has 0 aliphatic carbocycles. The highest BCUT2D eigenvalue weighted by atomic mass is 16.6. The van der Waals surface area contributed by atoms with Crippen LogP contribution in [0.4, 0.5) is 4.79 Å². The van der Waals surface area contributed by atoms with Gasteiger partial charge in [-0.15, -0.1) is 0 Å². The van der Waals surface area contributed by atoms with Crippen molar-refractivity contribution in [3.8, 4) is 0 Å². The summed E-state index contributed by atoms with van der Waals surface area (Å²) >= 11 is 0. The standard InChI is InChI=1S/C16H31NO4/c1-7-10-17(14(19)21-15(2,3)4)11-8-9-16(5,12-18)13-20-6/h12H,7-11,13H2,1-6H3. The first-order valence-corrected chi connectivity index (χ1v) is 7.60. The number of rotatable bonds is 9. The highest BCUT2D eigenvalue weighted by Gasteiger charge is 2.25. The van der Waals surface area contributed by atoms with Crippen LogP contribution in [0.2, 0.25) is 0 Å². The molecule has 0 N–H and O–H groups in total. The van der Waals surface area contributed by atoms with Crippen LogP contribution in [0.3, 0.4) is 0 Å². The second-order valence-electron chi connectivity index (χ2n) is 6.78. The number of nitrogens with zero attached hydrogens (tertiary/aromatic N) is 1. The zero-order valence-corrected chi connectivity index (χ0v) is 14.4. The molecule has 0 aromatic heterocycles. The minimum atomic E-state index is -0.490. The van der Waals surface area contributed by atoms with Crippen LogP contribution in [0.1, 0.15) is 53.9 Å². The number of amides is 1. The summed E-state index contributed by atoms with van der Waals surface area (Å²) < 4.78 is 10.5. The monoisotopic (exact) mass is 301 g/mol. The van der Waals surface area contributed by atoms with Crippen molar-refractivity contribution in [1.82, 2.24) is 4.90 Å². The number of hydrogen-bond donors (Lipinski definition) is 0. The van der Waals surface area contributed by atoms with Gasteiger partial charge in [0, 0.05) is 25.6 Å². The van der Waals surface area contributed by atoms with Crippen molar-refractivity contribution in [2.75, 3.05) is 26.8 Å². The molecule has 0 aromatic rings. The van der Waals surface area contributed by atoms with Crippen LogP contribution < -0.4 is 0 Å². The van der Waals surface area contributed by atoms with Crippen LogP contribution >= 0.6 is 0 Å². The summed E-state index contributed by atoms with van der Waals surface area (Å²) in [5, 5.41) is 0. The Kier molecular flexibility index (Phi) is 8.55. The van der Waals surface area contributed by atoms with E-state index in [0.717, 1.165) is 19.1 Å². The fourth-order valence-corrected chi connectivity index (χ4v) is 2.06. The molecule has 5 nitrogen and oxygen atoms in total. The summed E-state index contributed by atoms with van der Waals surface area (Å²) in [4.78, 5) is 25.0. The fourth-order valence-electron chi connectivity index (χ4n) is 2.06. The molecule has 124 valence electrons. The first-order valence-electron chi connectivity index (χ1n) is 7.60. The molecule has 21 heavy (non-hydrogen) atoms. The lowest BCUT2D eigenvalue weighted by Gasteiger charge is -2.28. The minimum Gasteiger partial charge on any atom is -0.444 e. The van der Waals surface area contributed by atoms with Gasteiger partial charge < -0.3 is 19.2 Å². The Hall–Kier alpha value is -1.10. The first-order chi connectivity index (χ1) is 9.67. The smallest absolute Gasteiger partial charge is 0.410 e. The van der Waals surface area contributed by atoms with E-state index < -0.39 is 11.0 Å². The summed E-state index contributed by atoms with van der Waals surface area (Å²) in [5.41, 5.74) is -0.975. The summed E-state index contributed by atoms with van der Waals surface area (Å²) in [6.07, 6.45) is 2.96. The van der Waals surface area contributed by atoms with Gasteiger partial charge in [-0.25, -0.2) is 4.79 Å². The molecule has 0 saturated carbocycles. The number of aldehydes is 1. The van der Waals surface area contributed by atoms with Crippen LogP contribution in [0.5, 0.6) is 0 Å². The molecule has 1 amide bonds. The molecule has 0 aromatic carbocycles. The second-order valence-corrected chi connectivity index (χ2v) is 6.78. The Morgan fingerprint density at radius 1 is 1.19 bits per heavy atom. The number of ether oxygens (including phenoxy) is 2. The highest BCUT2D eigenvalue weighted by molar-refractivity contribution is 5.68. The van der Waals surface area contributed by atoms with Crippen LogP contribution in [-0.4, -0.2) is 49.7 Å². The van der Waals surface area contributed by atoms with Crippen molar-refractivity contribution < 1.29 is 19.1 Å². The van der Waals surface area contributed by atoms with Crippen molar-refractivity contribution in [2.45, 2.75) is 59.5 Å². The van der Waals surface area contributed by atoms with Gasteiger partial charge in [0.2, 0.25) is 0 Å². The van der Waals surface area contributed by atoms with E-state index in [1.54, 1.807) is 12.0 Å². The largest absolute Gasteiger partial charge is 0.444 e. The molecule has 0 bridgehead atoms. The zero-order valence-electron chi connectivity index (χ0n) is 14.4. The van der Waals surface area contributed by atoms with E-state index in [9.17, 15) is 9.59 Å². The van der Waals surface area contributed by atoms with Crippen LogP contribution in [0, 0.1) is 5.41 Å². The quantitative estimate of drug-likeness (QED) is 0.613. The summed E-state index contributed by atoms with van der Waals surface area (Å²) in [5.74, 6) is 0. The third-order valence-corrected chi connectivity index (χ3v) is 3.08. The Balaban J connectivity index is 4.45. The second kappa shape index (κ2) is 9.03. The normalized spacial score (nSPS) is 14.4. The Morgan fingerprint density at radius 3 is 2.24 bits per heavy atom. The third-order valence-electron chi connectivity index (χ3n) is 3.08. The van der Waals surface area contributed by atoms with Crippen molar-refractivity contribution in [1.29, 1.82) is 0 Å². The molecular weight excluding hydrogens is 270 g/mol. The van der Waals surface area contributed by atoms with Crippen molar-refractivity contribution in [3.05, 3.63) is 0 Å². The van der Waals surface area contributed by atoms with Gasteiger partial charge in [-0.1, -0.05) is 13.8 Å². The summed E-state index contributed by atoms with van der Waals surface area (Å²) in [7, 11) is 1.59. The van der Waals surface area contributed by atoms with Gasteiger partial charge in [0.05, 0.1) is 6.61 Å². The number of methoxy groups -OCH3 is 1. The summed E-state index contributed by atoms with van der Waals surface area (Å²) in [6.45, 7) is 11.1. The molecular formula is C16H31NO4. The molecule has 1 unspecified atom stereocenters. The van der Waals surface area contributed by atoms with E-state index in [1.165, 1.54) is 0 Å². The molecule has 0 fully saturated rings. The molecule has 0 saturated heterocycles. The molecule has 1 atom stereocenters. The maximum Gasteiger partial charge on any atom is 0.410 e. The fraction of sp³-hybridized carbons (Fsp3) is 0.875. The van der Waals surface area contributed by atoms with E-state index in [4.69, 9.17) is 9.47 Å². The van der Waals surface area contributed by atoms with Gasteiger partial charge in [-0.2, -0.15) is 0 Å². The van der Waals surface area contributed by atoms with Crippen LogP contribution in [0.15, 0.2) is 0 Å².